The predicted molar refractivity (Wildman–Crippen MR) is 95.3 cm³/mol. The third-order valence-corrected chi connectivity index (χ3v) is 4.73. The van der Waals surface area contributed by atoms with Gasteiger partial charge in [0.25, 0.3) is 5.82 Å². The molecule has 0 saturated carbocycles. The van der Waals surface area contributed by atoms with Crippen molar-refractivity contribution in [1.29, 1.82) is 0 Å². The Kier molecular flexibility index (Phi) is 5.36. The molecule has 0 aliphatic heterocycles. The second-order valence-corrected chi connectivity index (χ2v) is 6.51. The summed E-state index contributed by atoms with van der Waals surface area (Å²) in [5.41, 5.74) is 1.15. The fourth-order valence-electron chi connectivity index (χ4n) is 2.29. The Hall–Kier alpha value is -3.01. The Bertz CT molecular complexity index is 915. The van der Waals surface area contributed by atoms with Crippen molar-refractivity contribution in [3.8, 4) is 0 Å². The highest BCUT2D eigenvalue weighted by molar-refractivity contribution is 8.00. The van der Waals surface area contributed by atoms with Crippen LogP contribution in [0.25, 0.3) is 0 Å². The number of alkyl halides is 3. The number of anilines is 1. The molecule has 0 aliphatic carbocycles. The smallest absolute Gasteiger partial charge is 0.335 e. The SMILES string of the molecule is Nn1c(SC(C(=O)Nc2ccccc2)c2ccccc2)nnc1C(F)(F)F. The van der Waals surface area contributed by atoms with Gasteiger partial charge in [-0.3, -0.25) is 4.79 Å². The summed E-state index contributed by atoms with van der Waals surface area (Å²) in [5, 5.41) is 8.21. The number of hydrogen-bond acceptors (Lipinski definition) is 5. The van der Waals surface area contributed by atoms with Crippen molar-refractivity contribution < 1.29 is 18.0 Å². The molecule has 1 aromatic heterocycles. The van der Waals surface area contributed by atoms with Gasteiger partial charge in [0, 0.05) is 5.69 Å². The van der Waals surface area contributed by atoms with Crippen LogP contribution < -0.4 is 11.2 Å². The minimum absolute atomic E-state index is 0.223. The van der Waals surface area contributed by atoms with Crippen molar-refractivity contribution in [3.05, 3.63) is 72.1 Å². The van der Waals surface area contributed by atoms with Crippen molar-refractivity contribution >= 4 is 23.4 Å². The van der Waals surface area contributed by atoms with Gasteiger partial charge in [0.05, 0.1) is 0 Å². The fourth-order valence-corrected chi connectivity index (χ4v) is 3.24. The topological polar surface area (TPSA) is 85.8 Å². The molecule has 0 spiro atoms. The average Bonchev–Trinajstić information content (AvgIpc) is 3.02. The van der Waals surface area contributed by atoms with Crippen LogP contribution in [0.1, 0.15) is 16.6 Å². The summed E-state index contributed by atoms with van der Waals surface area (Å²) in [6.07, 6.45) is -4.74. The van der Waals surface area contributed by atoms with E-state index in [0.717, 1.165) is 11.8 Å². The maximum atomic E-state index is 12.9. The number of halogens is 3. The number of thioether (sulfide) groups is 1. The van der Waals surface area contributed by atoms with Gasteiger partial charge >= 0.3 is 6.18 Å². The van der Waals surface area contributed by atoms with Crippen LogP contribution in [0.5, 0.6) is 0 Å². The number of nitrogens with zero attached hydrogens (tertiary/aromatic N) is 3. The maximum Gasteiger partial charge on any atom is 0.453 e. The molecule has 1 heterocycles. The normalized spacial score (nSPS) is 12.6. The Morgan fingerprint density at radius 3 is 2.19 bits per heavy atom. The summed E-state index contributed by atoms with van der Waals surface area (Å²) in [6, 6.07) is 17.4. The molecule has 3 aromatic rings. The van der Waals surface area contributed by atoms with Crippen molar-refractivity contribution in [2.24, 2.45) is 0 Å². The molecular weight excluding hydrogens is 379 g/mol. The molecule has 0 saturated heterocycles. The first-order valence-electron chi connectivity index (χ1n) is 7.71. The second kappa shape index (κ2) is 7.70. The number of carbonyl (C=O) groups is 1. The minimum atomic E-state index is -4.74. The molecule has 2 aromatic carbocycles. The zero-order chi connectivity index (χ0) is 19.4. The number of amides is 1. The van der Waals surface area contributed by atoms with Gasteiger partial charge in [0.15, 0.2) is 0 Å². The van der Waals surface area contributed by atoms with Crippen LogP contribution in [-0.2, 0) is 11.0 Å². The monoisotopic (exact) mass is 393 g/mol. The fraction of sp³-hybridized carbons (Fsp3) is 0.118. The second-order valence-electron chi connectivity index (χ2n) is 5.44. The molecule has 10 heteroatoms. The number of para-hydroxylation sites is 1. The molecular formula is C17H14F3N5OS. The molecule has 0 radical (unpaired) electrons. The highest BCUT2D eigenvalue weighted by Crippen LogP contribution is 2.37. The Morgan fingerprint density at radius 1 is 1.04 bits per heavy atom. The number of nitrogens with two attached hydrogens (primary N) is 1. The number of benzene rings is 2. The van der Waals surface area contributed by atoms with E-state index >= 15 is 0 Å². The molecule has 1 atom stereocenters. The van der Waals surface area contributed by atoms with Crippen molar-refractivity contribution in [1.82, 2.24) is 14.9 Å². The van der Waals surface area contributed by atoms with Crippen molar-refractivity contribution in [3.63, 3.8) is 0 Å². The van der Waals surface area contributed by atoms with Crippen LogP contribution in [0.3, 0.4) is 0 Å². The quantitative estimate of drug-likeness (QED) is 0.512. The third-order valence-electron chi connectivity index (χ3n) is 3.52. The van der Waals surface area contributed by atoms with Gasteiger partial charge < -0.3 is 11.2 Å². The minimum Gasteiger partial charge on any atom is -0.335 e. The summed E-state index contributed by atoms with van der Waals surface area (Å²) in [6.45, 7) is 0. The number of aromatic nitrogens is 3. The molecule has 1 unspecified atom stereocenters. The first-order chi connectivity index (χ1) is 12.9. The molecule has 0 bridgehead atoms. The highest BCUT2D eigenvalue weighted by Gasteiger charge is 2.39. The van der Waals surface area contributed by atoms with Crippen LogP contribution >= 0.6 is 11.8 Å². The molecule has 0 fully saturated rings. The van der Waals surface area contributed by atoms with Gasteiger partial charge in [0.2, 0.25) is 11.1 Å². The number of nitrogens with one attached hydrogen (secondary N) is 1. The molecule has 0 aliphatic rings. The van der Waals surface area contributed by atoms with E-state index in [1.807, 2.05) is 0 Å². The van der Waals surface area contributed by atoms with Crippen LogP contribution in [-0.4, -0.2) is 20.8 Å². The Balaban J connectivity index is 1.90. The zero-order valence-corrected chi connectivity index (χ0v) is 14.5. The summed E-state index contributed by atoms with van der Waals surface area (Å²) in [4.78, 5) is 12.8. The summed E-state index contributed by atoms with van der Waals surface area (Å²) in [7, 11) is 0. The zero-order valence-electron chi connectivity index (χ0n) is 13.7. The van der Waals surface area contributed by atoms with E-state index in [-0.39, 0.29) is 5.16 Å². The van der Waals surface area contributed by atoms with E-state index in [0.29, 0.717) is 15.9 Å². The van der Waals surface area contributed by atoms with E-state index in [2.05, 4.69) is 15.5 Å². The van der Waals surface area contributed by atoms with Crippen LogP contribution in [0.2, 0.25) is 0 Å². The number of rotatable bonds is 5. The molecule has 140 valence electrons. The lowest BCUT2D eigenvalue weighted by Gasteiger charge is -2.16. The van der Waals surface area contributed by atoms with Crippen LogP contribution in [0, 0.1) is 0 Å². The molecule has 27 heavy (non-hydrogen) atoms. The van der Waals surface area contributed by atoms with Crippen LogP contribution in [0.15, 0.2) is 65.8 Å². The first kappa shape index (κ1) is 18.8. The third kappa shape index (κ3) is 4.40. The number of hydrogen-bond donors (Lipinski definition) is 2. The lowest BCUT2D eigenvalue weighted by Crippen LogP contribution is -2.23. The van der Waals surface area contributed by atoms with E-state index in [4.69, 9.17) is 5.84 Å². The van der Waals surface area contributed by atoms with E-state index in [1.54, 1.807) is 60.7 Å². The Morgan fingerprint density at radius 2 is 1.63 bits per heavy atom. The van der Waals surface area contributed by atoms with E-state index < -0.39 is 23.2 Å². The number of carbonyl (C=O) groups excluding carboxylic acids is 1. The van der Waals surface area contributed by atoms with Gasteiger partial charge in [0.1, 0.15) is 5.25 Å². The van der Waals surface area contributed by atoms with E-state index in [9.17, 15) is 18.0 Å². The van der Waals surface area contributed by atoms with Gasteiger partial charge in [-0.25, -0.2) is 4.68 Å². The Labute approximate surface area is 156 Å². The van der Waals surface area contributed by atoms with Crippen molar-refractivity contribution in [2.75, 3.05) is 11.2 Å². The van der Waals surface area contributed by atoms with Gasteiger partial charge in [-0.05, 0) is 17.7 Å². The first-order valence-corrected chi connectivity index (χ1v) is 8.59. The molecule has 1 amide bonds. The predicted octanol–water partition coefficient (Wildman–Crippen LogP) is 3.48. The number of nitrogen functional groups attached to an aromatic ring is 1. The molecule has 3 rings (SSSR count). The average molecular weight is 393 g/mol. The largest absolute Gasteiger partial charge is 0.453 e. The van der Waals surface area contributed by atoms with Gasteiger partial charge in [-0.1, -0.05) is 60.3 Å². The lowest BCUT2D eigenvalue weighted by molar-refractivity contribution is -0.146. The maximum absolute atomic E-state index is 12.9. The van der Waals surface area contributed by atoms with Gasteiger partial charge in [-0.15, -0.1) is 10.2 Å². The summed E-state index contributed by atoms with van der Waals surface area (Å²) < 4.78 is 39.0. The highest BCUT2D eigenvalue weighted by atomic mass is 32.2. The standard InChI is InChI=1S/C17H14F3N5OS/c18-17(19,20)15-23-24-16(25(15)21)27-13(11-7-3-1-4-8-11)14(26)22-12-9-5-2-6-10-12/h1-10,13H,21H2,(H,22,26). The summed E-state index contributed by atoms with van der Waals surface area (Å²) >= 11 is 0.785. The summed E-state index contributed by atoms with van der Waals surface area (Å²) in [5.74, 6) is 3.73. The molecule has 3 N–H and O–H groups in total. The van der Waals surface area contributed by atoms with Gasteiger partial charge in [-0.2, -0.15) is 13.2 Å². The molecule has 6 nitrogen and oxygen atoms in total. The van der Waals surface area contributed by atoms with Crippen LogP contribution in [0.4, 0.5) is 18.9 Å². The lowest BCUT2D eigenvalue weighted by atomic mass is 10.1. The van der Waals surface area contributed by atoms with Crippen molar-refractivity contribution in [2.45, 2.75) is 16.6 Å². The van der Waals surface area contributed by atoms with E-state index in [1.165, 1.54) is 0 Å².